The molecule has 0 radical (unpaired) electrons. The van der Waals surface area contributed by atoms with Crippen LogP contribution in [-0.2, 0) is 7.05 Å². The molecule has 0 saturated heterocycles. The van der Waals surface area contributed by atoms with Gasteiger partial charge in [-0.25, -0.2) is 4.98 Å². The van der Waals surface area contributed by atoms with Crippen LogP contribution >= 0.6 is 11.6 Å². The molecule has 4 rings (SSSR count). The summed E-state index contributed by atoms with van der Waals surface area (Å²) < 4.78 is 12.7. The minimum absolute atomic E-state index is 0.315. The van der Waals surface area contributed by atoms with E-state index in [0.717, 1.165) is 0 Å². The van der Waals surface area contributed by atoms with Crippen molar-refractivity contribution in [2.45, 2.75) is 13.8 Å². The summed E-state index contributed by atoms with van der Waals surface area (Å²) in [6, 6.07) is 10.5. The zero-order chi connectivity index (χ0) is 20.5. The number of rotatable bonds is 5. The minimum Gasteiger partial charge on any atom is -0.490 e. The van der Waals surface area contributed by atoms with Gasteiger partial charge in [0.2, 0.25) is 0 Å². The number of halogens is 1. The molecule has 8 heteroatoms. The number of nitrogens with zero attached hydrogens (tertiary/aromatic N) is 3. The summed E-state index contributed by atoms with van der Waals surface area (Å²) in [5.41, 5.74) is 2.79. The summed E-state index contributed by atoms with van der Waals surface area (Å²) >= 11 is 6.24. The summed E-state index contributed by atoms with van der Waals surface area (Å²) in [6.45, 7) is 4.13. The molecule has 0 bridgehead atoms. The fourth-order valence-corrected chi connectivity index (χ4v) is 3.49. The van der Waals surface area contributed by atoms with Crippen LogP contribution in [0.15, 0.2) is 47.1 Å². The van der Waals surface area contributed by atoms with Gasteiger partial charge in [0.15, 0.2) is 17.2 Å². The Labute approximate surface area is 172 Å². The first-order valence-electron chi connectivity index (χ1n) is 9.10. The second-order valence-corrected chi connectivity index (χ2v) is 6.85. The first-order valence-corrected chi connectivity index (χ1v) is 9.48. The van der Waals surface area contributed by atoms with Gasteiger partial charge >= 0.3 is 0 Å². The first-order chi connectivity index (χ1) is 14.0. The van der Waals surface area contributed by atoms with Crippen molar-refractivity contribution < 1.29 is 13.9 Å². The lowest BCUT2D eigenvalue weighted by atomic mass is 10.1. The van der Waals surface area contributed by atoms with Crippen molar-refractivity contribution in [2.24, 2.45) is 7.05 Å². The molecule has 29 heavy (non-hydrogen) atoms. The second kappa shape index (κ2) is 7.60. The van der Waals surface area contributed by atoms with Gasteiger partial charge in [-0.15, -0.1) is 0 Å². The smallest absolute Gasteiger partial charge is 0.256 e. The van der Waals surface area contributed by atoms with E-state index in [1.807, 2.05) is 13.8 Å². The fraction of sp³-hybridized carbons (Fsp3) is 0.190. The number of amides is 1. The normalized spacial score (nSPS) is 11.0. The maximum Gasteiger partial charge on any atom is 0.256 e. The van der Waals surface area contributed by atoms with Gasteiger partial charge in [-0.05, 0) is 44.2 Å². The van der Waals surface area contributed by atoms with Gasteiger partial charge in [-0.3, -0.25) is 9.48 Å². The average molecular weight is 411 g/mol. The Hall–Kier alpha value is -3.32. The van der Waals surface area contributed by atoms with Crippen molar-refractivity contribution in [1.82, 2.24) is 14.8 Å². The van der Waals surface area contributed by atoms with Gasteiger partial charge in [-0.1, -0.05) is 17.7 Å². The molecule has 7 nitrogen and oxygen atoms in total. The lowest BCUT2D eigenvalue weighted by molar-refractivity contribution is 0.102. The minimum atomic E-state index is -0.315. The average Bonchev–Trinajstić information content (AvgIpc) is 3.33. The molecule has 1 amide bonds. The lowest BCUT2D eigenvalue weighted by Gasteiger charge is -2.13. The number of carbonyl (C=O) groups excluding carboxylic acids is 1. The van der Waals surface area contributed by atoms with Crippen LogP contribution in [0.25, 0.3) is 22.5 Å². The summed E-state index contributed by atoms with van der Waals surface area (Å²) in [7, 11) is 1.79. The Morgan fingerprint density at radius 3 is 2.86 bits per heavy atom. The van der Waals surface area contributed by atoms with Crippen LogP contribution in [0.1, 0.15) is 23.0 Å². The Kier molecular flexibility index (Phi) is 4.98. The molecule has 3 heterocycles. The molecule has 0 saturated carbocycles. The molecular formula is C21H19ClN4O3. The number of benzene rings is 1. The second-order valence-electron chi connectivity index (χ2n) is 6.44. The summed E-state index contributed by atoms with van der Waals surface area (Å²) in [4.78, 5) is 17.9. The van der Waals surface area contributed by atoms with Crippen LogP contribution in [0, 0.1) is 6.92 Å². The lowest BCUT2D eigenvalue weighted by Crippen LogP contribution is -2.14. The van der Waals surface area contributed by atoms with Gasteiger partial charge in [0, 0.05) is 7.05 Å². The Bertz CT molecular complexity index is 1200. The molecule has 1 aromatic carbocycles. The first kappa shape index (κ1) is 19.0. The molecule has 0 unspecified atom stereocenters. The molecule has 0 spiro atoms. The number of anilines is 1. The molecule has 0 fully saturated rings. The molecule has 4 aromatic rings. The number of carbonyl (C=O) groups is 1. The predicted molar refractivity (Wildman–Crippen MR) is 112 cm³/mol. The number of furan rings is 1. The van der Waals surface area contributed by atoms with Crippen molar-refractivity contribution in [3.63, 3.8) is 0 Å². The maximum absolute atomic E-state index is 13.3. The van der Waals surface area contributed by atoms with Crippen molar-refractivity contribution in [3.8, 4) is 17.2 Å². The Morgan fingerprint density at radius 2 is 2.14 bits per heavy atom. The SMILES string of the molecule is CCOc1c(Cl)cccc1NC(=O)c1cc(-c2ccco2)nc2c1c(C)nn2C. The van der Waals surface area contributed by atoms with Gasteiger partial charge < -0.3 is 14.5 Å². The Balaban J connectivity index is 1.83. The zero-order valence-corrected chi connectivity index (χ0v) is 16.9. The number of aromatic nitrogens is 3. The van der Waals surface area contributed by atoms with Gasteiger partial charge in [0.1, 0.15) is 5.69 Å². The molecule has 3 aromatic heterocycles. The quantitative estimate of drug-likeness (QED) is 0.509. The van der Waals surface area contributed by atoms with Crippen molar-refractivity contribution in [3.05, 3.63) is 58.9 Å². The number of hydrogen-bond donors (Lipinski definition) is 1. The third kappa shape index (κ3) is 3.45. The van der Waals surface area contributed by atoms with Crippen LogP contribution in [0.4, 0.5) is 5.69 Å². The molecule has 0 aliphatic rings. The van der Waals surface area contributed by atoms with Crippen LogP contribution in [0.2, 0.25) is 5.02 Å². The monoisotopic (exact) mass is 410 g/mol. The number of hydrogen-bond acceptors (Lipinski definition) is 5. The van der Waals surface area contributed by atoms with Crippen molar-refractivity contribution in [2.75, 3.05) is 11.9 Å². The van der Waals surface area contributed by atoms with Crippen LogP contribution in [-0.4, -0.2) is 27.3 Å². The van der Waals surface area contributed by atoms with E-state index in [-0.39, 0.29) is 5.91 Å². The van der Waals surface area contributed by atoms with Gasteiger partial charge in [0.05, 0.1) is 40.2 Å². The van der Waals surface area contributed by atoms with E-state index in [1.165, 1.54) is 0 Å². The fourth-order valence-electron chi connectivity index (χ4n) is 3.26. The Morgan fingerprint density at radius 1 is 1.31 bits per heavy atom. The highest BCUT2D eigenvalue weighted by atomic mass is 35.5. The molecule has 0 aliphatic carbocycles. The van der Waals surface area contributed by atoms with E-state index in [1.54, 1.807) is 54.4 Å². The zero-order valence-electron chi connectivity index (χ0n) is 16.2. The highest BCUT2D eigenvalue weighted by Crippen LogP contribution is 2.34. The van der Waals surface area contributed by atoms with E-state index < -0.39 is 0 Å². The van der Waals surface area contributed by atoms with E-state index in [0.29, 0.717) is 56.8 Å². The van der Waals surface area contributed by atoms with Crippen LogP contribution < -0.4 is 10.1 Å². The number of fused-ring (bicyclic) bond motifs is 1. The summed E-state index contributed by atoms with van der Waals surface area (Å²) in [6.07, 6.45) is 1.57. The molecular weight excluding hydrogens is 392 g/mol. The standard InChI is InChI=1S/C21H19ClN4O3/c1-4-28-19-14(22)7-5-8-15(19)24-21(27)13-11-16(17-9-6-10-29-17)23-20-18(13)12(2)25-26(20)3/h5-11H,4H2,1-3H3,(H,24,27). The molecule has 1 N–H and O–H groups in total. The number of pyridine rings is 1. The largest absolute Gasteiger partial charge is 0.490 e. The van der Waals surface area contributed by atoms with Crippen LogP contribution in [0.3, 0.4) is 0 Å². The maximum atomic E-state index is 13.3. The highest BCUT2D eigenvalue weighted by Gasteiger charge is 2.21. The third-order valence-electron chi connectivity index (χ3n) is 4.49. The van der Waals surface area contributed by atoms with Gasteiger partial charge in [-0.2, -0.15) is 5.10 Å². The van der Waals surface area contributed by atoms with E-state index in [4.69, 9.17) is 20.8 Å². The third-order valence-corrected chi connectivity index (χ3v) is 4.79. The topological polar surface area (TPSA) is 82.2 Å². The van der Waals surface area contributed by atoms with Crippen molar-refractivity contribution >= 4 is 34.2 Å². The number of para-hydroxylation sites is 1. The van der Waals surface area contributed by atoms with Crippen LogP contribution in [0.5, 0.6) is 5.75 Å². The molecule has 0 atom stereocenters. The van der Waals surface area contributed by atoms with Crippen molar-refractivity contribution in [1.29, 1.82) is 0 Å². The summed E-state index contributed by atoms with van der Waals surface area (Å²) in [5.74, 6) is 0.687. The summed E-state index contributed by atoms with van der Waals surface area (Å²) in [5, 5.41) is 8.44. The molecule has 148 valence electrons. The number of ether oxygens (including phenoxy) is 1. The van der Waals surface area contributed by atoms with Gasteiger partial charge in [0.25, 0.3) is 5.91 Å². The van der Waals surface area contributed by atoms with E-state index >= 15 is 0 Å². The number of nitrogens with one attached hydrogen (secondary N) is 1. The molecule has 0 aliphatic heterocycles. The number of aryl methyl sites for hydroxylation is 2. The van der Waals surface area contributed by atoms with E-state index in [2.05, 4.69) is 15.4 Å². The predicted octanol–water partition coefficient (Wildman–Crippen LogP) is 4.84. The van der Waals surface area contributed by atoms with E-state index in [9.17, 15) is 4.79 Å². The highest BCUT2D eigenvalue weighted by molar-refractivity contribution is 6.32.